The quantitative estimate of drug-likeness (QED) is 0.627. The summed E-state index contributed by atoms with van der Waals surface area (Å²) in [6.45, 7) is 2.02. The SMILES string of the molecule is COC(=O)C(C)(C(=O)O)C1CCOC2(CCCC2)C1. The van der Waals surface area contributed by atoms with Gasteiger partial charge in [-0.25, -0.2) is 0 Å². The molecule has 2 unspecified atom stereocenters. The number of carbonyl (C=O) groups is 2. The normalized spacial score (nSPS) is 28.8. The fourth-order valence-electron chi connectivity index (χ4n) is 3.53. The van der Waals surface area contributed by atoms with Crippen LogP contribution in [0.4, 0.5) is 0 Å². The Bertz CT molecular complexity index is 372. The van der Waals surface area contributed by atoms with Gasteiger partial charge in [0.25, 0.3) is 0 Å². The summed E-state index contributed by atoms with van der Waals surface area (Å²) in [6.07, 6.45) is 5.43. The Balaban J connectivity index is 2.22. The van der Waals surface area contributed by atoms with Crippen molar-refractivity contribution in [1.82, 2.24) is 0 Å². The Kier molecular flexibility index (Phi) is 3.85. The van der Waals surface area contributed by atoms with Crippen molar-refractivity contribution in [3.05, 3.63) is 0 Å². The zero-order valence-corrected chi connectivity index (χ0v) is 11.6. The van der Waals surface area contributed by atoms with Gasteiger partial charge in [0.05, 0.1) is 12.7 Å². The third kappa shape index (κ3) is 2.36. The monoisotopic (exact) mass is 270 g/mol. The molecule has 5 nitrogen and oxygen atoms in total. The second-order valence-electron chi connectivity index (χ2n) is 5.93. The number of carbonyl (C=O) groups excluding carboxylic acids is 1. The van der Waals surface area contributed by atoms with E-state index >= 15 is 0 Å². The highest BCUT2D eigenvalue weighted by Crippen LogP contribution is 2.47. The lowest BCUT2D eigenvalue weighted by molar-refractivity contribution is -0.178. The van der Waals surface area contributed by atoms with Crippen LogP contribution in [0.1, 0.15) is 45.4 Å². The molecule has 2 fully saturated rings. The molecule has 1 heterocycles. The number of aliphatic carboxylic acids is 1. The van der Waals surface area contributed by atoms with Crippen LogP contribution in [-0.2, 0) is 19.1 Å². The third-order valence-corrected chi connectivity index (χ3v) is 4.88. The lowest BCUT2D eigenvalue weighted by atomic mass is 9.68. The number of esters is 1. The molecule has 2 atom stereocenters. The highest BCUT2D eigenvalue weighted by Gasteiger charge is 2.54. The van der Waals surface area contributed by atoms with Crippen LogP contribution in [0.3, 0.4) is 0 Å². The third-order valence-electron chi connectivity index (χ3n) is 4.88. The maximum atomic E-state index is 11.9. The predicted octanol–water partition coefficient (Wildman–Crippen LogP) is 1.99. The molecule has 0 aromatic heterocycles. The molecule has 5 heteroatoms. The first-order valence-corrected chi connectivity index (χ1v) is 6.90. The first-order chi connectivity index (χ1) is 8.94. The van der Waals surface area contributed by atoms with Gasteiger partial charge in [-0.05, 0) is 38.5 Å². The van der Waals surface area contributed by atoms with E-state index in [2.05, 4.69) is 0 Å². The Morgan fingerprint density at radius 1 is 1.37 bits per heavy atom. The van der Waals surface area contributed by atoms with E-state index in [9.17, 15) is 14.7 Å². The number of ether oxygens (including phenoxy) is 2. The van der Waals surface area contributed by atoms with Crippen molar-refractivity contribution >= 4 is 11.9 Å². The minimum absolute atomic E-state index is 0.201. The number of hydrogen-bond donors (Lipinski definition) is 1. The second kappa shape index (κ2) is 5.12. The highest BCUT2D eigenvalue weighted by molar-refractivity contribution is 5.99. The van der Waals surface area contributed by atoms with Crippen molar-refractivity contribution in [2.24, 2.45) is 11.3 Å². The molecule has 1 spiro atoms. The van der Waals surface area contributed by atoms with Crippen molar-refractivity contribution in [1.29, 1.82) is 0 Å². The van der Waals surface area contributed by atoms with Crippen LogP contribution in [0, 0.1) is 11.3 Å². The fourth-order valence-corrected chi connectivity index (χ4v) is 3.53. The van der Waals surface area contributed by atoms with Gasteiger partial charge in [0.15, 0.2) is 5.41 Å². The summed E-state index contributed by atoms with van der Waals surface area (Å²) in [5.41, 5.74) is -1.66. The number of hydrogen-bond acceptors (Lipinski definition) is 4. The summed E-state index contributed by atoms with van der Waals surface area (Å²) >= 11 is 0. The lowest BCUT2D eigenvalue weighted by Gasteiger charge is -2.43. The van der Waals surface area contributed by atoms with E-state index in [1.807, 2.05) is 0 Å². The van der Waals surface area contributed by atoms with Crippen molar-refractivity contribution < 1.29 is 24.2 Å². The summed E-state index contributed by atoms with van der Waals surface area (Å²) in [5, 5.41) is 9.48. The summed E-state index contributed by atoms with van der Waals surface area (Å²) in [4.78, 5) is 23.5. The molecule has 2 aliphatic rings. The first kappa shape index (κ1) is 14.3. The van der Waals surface area contributed by atoms with E-state index in [0.29, 0.717) is 19.4 Å². The molecule has 0 aromatic rings. The van der Waals surface area contributed by atoms with Crippen LogP contribution in [-0.4, -0.2) is 36.4 Å². The van der Waals surface area contributed by atoms with Gasteiger partial charge in [-0.15, -0.1) is 0 Å². The van der Waals surface area contributed by atoms with Crippen molar-refractivity contribution in [3.63, 3.8) is 0 Å². The number of methoxy groups -OCH3 is 1. The van der Waals surface area contributed by atoms with Gasteiger partial charge >= 0.3 is 11.9 Å². The molecular weight excluding hydrogens is 248 g/mol. The molecule has 0 amide bonds. The summed E-state index contributed by atoms with van der Waals surface area (Å²) in [7, 11) is 1.24. The maximum absolute atomic E-state index is 11.9. The molecule has 1 aliphatic carbocycles. The molecule has 19 heavy (non-hydrogen) atoms. The van der Waals surface area contributed by atoms with E-state index in [4.69, 9.17) is 9.47 Å². The zero-order chi connectivity index (χ0) is 14.1. The van der Waals surface area contributed by atoms with Crippen LogP contribution in [0.15, 0.2) is 0 Å². The Labute approximate surface area is 113 Å². The second-order valence-corrected chi connectivity index (χ2v) is 5.93. The van der Waals surface area contributed by atoms with E-state index in [-0.39, 0.29) is 11.5 Å². The number of carboxylic acid groups (broad SMARTS) is 1. The first-order valence-electron chi connectivity index (χ1n) is 6.90. The minimum atomic E-state index is -1.46. The molecule has 1 N–H and O–H groups in total. The minimum Gasteiger partial charge on any atom is -0.480 e. The predicted molar refractivity (Wildman–Crippen MR) is 67.6 cm³/mol. The van der Waals surface area contributed by atoms with Gasteiger partial charge in [-0.2, -0.15) is 0 Å². The van der Waals surface area contributed by atoms with Gasteiger partial charge in [0.2, 0.25) is 0 Å². The topological polar surface area (TPSA) is 72.8 Å². The van der Waals surface area contributed by atoms with E-state index in [0.717, 1.165) is 25.7 Å². The standard InChI is InChI=1S/C14H22O5/c1-13(11(15)16,12(17)18-2)10-5-8-19-14(9-10)6-3-4-7-14/h10H,3-9H2,1-2H3,(H,15,16). The molecule has 2 rings (SSSR count). The average molecular weight is 270 g/mol. The Morgan fingerprint density at radius 3 is 2.53 bits per heavy atom. The smallest absolute Gasteiger partial charge is 0.323 e. The van der Waals surface area contributed by atoms with E-state index < -0.39 is 17.4 Å². The molecule has 0 radical (unpaired) electrons. The van der Waals surface area contributed by atoms with Crippen LogP contribution in [0.25, 0.3) is 0 Å². The van der Waals surface area contributed by atoms with Crippen LogP contribution in [0.2, 0.25) is 0 Å². The molecular formula is C14H22O5. The highest BCUT2D eigenvalue weighted by atomic mass is 16.5. The Morgan fingerprint density at radius 2 is 2.00 bits per heavy atom. The fraction of sp³-hybridized carbons (Fsp3) is 0.857. The molecule has 108 valence electrons. The van der Waals surface area contributed by atoms with Gasteiger partial charge in [-0.3, -0.25) is 9.59 Å². The lowest BCUT2D eigenvalue weighted by Crippen LogP contribution is -2.50. The van der Waals surface area contributed by atoms with Crippen molar-refractivity contribution in [2.75, 3.05) is 13.7 Å². The van der Waals surface area contributed by atoms with Gasteiger partial charge in [-0.1, -0.05) is 12.8 Å². The summed E-state index contributed by atoms with van der Waals surface area (Å²) in [5.74, 6) is -1.97. The largest absolute Gasteiger partial charge is 0.480 e. The number of rotatable bonds is 3. The average Bonchev–Trinajstić information content (AvgIpc) is 2.84. The maximum Gasteiger partial charge on any atom is 0.323 e. The zero-order valence-electron chi connectivity index (χ0n) is 11.6. The Hall–Kier alpha value is -1.10. The van der Waals surface area contributed by atoms with E-state index in [1.54, 1.807) is 0 Å². The molecule has 0 bridgehead atoms. The van der Waals surface area contributed by atoms with Crippen LogP contribution in [0.5, 0.6) is 0 Å². The molecule has 1 saturated carbocycles. The molecule has 1 saturated heterocycles. The van der Waals surface area contributed by atoms with Gasteiger partial charge < -0.3 is 14.6 Å². The van der Waals surface area contributed by atoms with Crippen molar-refractivity contribution in [2.45, 2.75) is 51.0 Å². The molecule has 1 aliphatic heterocycles. The van der Waals surface area contributed by atoms with Gasteiger partial charge in [0.1, 0.15) is 0 Å². The van der Waals surface area contributed by atoms with Crippen LogP contribution >= 0.6 is 0 Å². The summed E-state index contributed by atoms with van der Waals surface area (Å²) < 4.78 is 10.6. The molecule has 0 aromatic carbocycles. The van der Waals surface area contributed by atoms with E-state index in [1.165, 1.54) is 14.0 Å². The number of carboxylic acids is 1. The summed E-state index contributed by atoms with van der Waals surface area (Å²) in [6, 6.07) is 0. The van der Waals surface area contributed by atoms with Gasteiger partial charge in [0, 0.05) is 6.61 Å². The van der Waals surface area contributed by atoms with Crippen molar-refractivity contribution in [3.8, 4) is 0 Å². The van der Waals surface area contributed by atoms with Crippen LogP contribution < -0.4 is 0 Å².